The van der Waals surface area contributed by atoms with Crippen molar-refractivity contribution in [1.82, 2.24) is 0 Å². The molecule has 0 amide bonds. The summed E-state index contributed by atoms with van der Waals surface area (Å²) in [7, 11) is 0. The summed E-state index contributed by atoms with van der Waals surface area (Å²) in [5.41, 5.74) is 0. The molecule has 1 aliphatic rings. The number of ether oxygens (including phenoxy) is 2. The normalized spacial score (nSPS) is 22.2. The van der Waals surface area contributed by atoms with Gasteiger partial charge < -0.3 is 29.9 Å². The summed E-state index contributed by atoms with van der Waals surface area (Å²) in [4.78, 5) is 10.4. The maximum Gasteiger partial charge on any atom is 0.303 e. The van der Waals surface area contributed by atoms with Crippen LogP contribution < -0.4 is 0 Å². The van der Waals surface area contributed by atoms with Crippen molar-refractivity contribution in [2.45, 2.75) is 115 Å². The number of aliphatic carboxylic acids is 1. The van der Waals surface area contributed by atoms with Crippen molar-refractivity contribution in [2.75, 3.05) is 19.8 Å². The summed E-state index contributed by atoms with van der Waals surface area (Å²) in [6, 6.07) is 0. The number of hydrogen-bond donors (Lipinski definition) is 4. The third kappa shape index (κ3) is 14.8. The molecule has 174 valence electrons. The van der Waals surface area contributed by atoms with E-state index >= 15 is 0 Å². The minimum absolute atomic E-state index is 0.102. The Balaban J connectivity index is 0.00000178. The van der Waals surface area contributed by atoms with Crippen LogP contribution in [0.3, 0.4) is 0 Å². The van der Waals surface area contributed by atoms with Gasteiger partial charge in [-0.15, -0.1) is 0 Å². The Hall–Kier alpha value is -0.730. The molecular weight excluding hydrogens is 376 g/mol. The maximum absolute atomic E-state index is 10.4. The molecule has 7 nitrogen and oxygen atoms in total. The predicted octanol–water partition coefficient (Wildman–Crippen LogP) is 3.28. The number of carboxylic acids is 1. The second-order valence-corrected chi connectivity index (χ2v) is 7.65. The summed E-state index contributed by atoms with van der Waals surface area (Å²) in [5, 5.41) is 34.3. The first-order valence-electron chi connectivity index (χ1n) is 11.4. The molecule has 0 radical (unpaired) electrons. The average Bonchev–Trinajstić information content (AvgIpc) is 3.10. The second-order valence-electron chi connectivity index (χ2n) is 7.65. The van der Waals surface area contributed by atoms with Gasteiger partial charge in [0.15, 0.2) is 0 Å². The lowest BCUT2D eigenvalue weighted by Crippen LogP contribution is -2.26. The van der Waals surface area contributed by atoms with Crippen LogP contribution in [0, 0.1) is 0 Å². The Morgan fingerprint density at radius 2 is 1.69 bits per heavy atom. The largest absolute Gasteiger partial charge is 0.481 e. The van der Waals surface area contributed by atoms with Crippen LogP contribution in [0.5, 0.6) is 0 Å². The van der Waals surface area contributed by atoms with Crippen molar-refractivity contribution in [1.29, 1.82) is 0 Å². The molecule has 4 atom stereocenters. The minimum atomic E-state index is -0.717. The first-order valence-corrected chi connectivity index (χ1v) is 11.4. The van der Waals surface area contributed by atoms with Gasteiger partial charge in [-0.25, -0.2) is 0 Å². The Bertz CT molecular complexity index is 376. The lowest BCUT2D eigenvalue weighted by molar-refractivity contribution is -0.137. The van der Waals surface area contributed by atoms with Crippen LogP contribution in [0.25, 0.3) is 0 Å². The van der Waals surface area contributed by atoms with Gasteiger partial charge in [-0.3, -0.25) is 4.79 Å². The maximum atomic E-state index is 10.4. The van der Waals surface area contributed by atoms with Crippen molar-refractivity contribution in [2.24, 2.45) is 0 Å². The zero-order valence-electron chi connectivity index (χ0n) is 18.4. The molecule has 0 aromatic heterocycles. The molecule has 1 saturated heterocycles. The highest BCUT2D eigenvalue weighted by atomic mass is 16.6. The quantitative estimate of drug-likeness (QED) is 0.283. The lowest BCUT2D eigenvalue weighted by Gasteiger charge is -2.19. The van der Waals surface area contributed by atoms with E-state index in [0.29, 0.717) is 6.61 Å². The third-order valence-electron chi connectivity index (χ3n) is 5.12. The van der Waals surface area contributed by atoms with E-state index in [0.717, 1.165) is 57.8 Å². The van der Waals surface area contributed by atoms with Gasteiger partial charge in [-0.1, -0.05) is 51.9 Å². The number of rotatable bonds is 16. The van der Waals surface area contributed by atoms with Crippen molar-refractivity contribution in [3.8, 4) is 0 Å². The molecule has 0 spiro atoms. The molecule has 0 bridgehead atoms. The molecule has 4 unspecified atom stereocenters. The van der Waals surface area contributed by atoms with Gasteiger partial charge >= 0.3 is 5.97 Å². The van der Waals surface area contributed by atoms with Crippen molar-refractivity contribution >= 4 is 5.97 Å². The average molecular weight is 421 g/mol. The molecule has 0 saturated carbocycles. The number of carboxylic acid groups (broad SMARTS) is 1. The molecule has 1 aliphatic heterocycles. The summed E-state index contributed by atoms with van der Waals surface area (Å²) in [6.45, 7) is 4.65. The molecule has 1 heterocycles. The number of aliphatic hydroxyl groups is 3. The third-order valence-corrected chi connectivity index (χ3v) is 5.12. The highest BCUT2D eigenvalue weighted by molar-refractivity contribution is 5.66. The Labute approximate surface area is 176 Å². The standard InChI is InChI=1S/C20H38O5.C2H6O2/c1-3-5-9-13-17-19(24-4-2)15-18(25-17)16(21)12-10-7-6-8-11-14-20(22)23;3-1-2-4/h16-19,21H,3-15H2,1-2H3,(H,22,23);3-4H,1-2H2. The van der Waals surface area contributed by atoms with Crippen LogP contribution in [0.15, 0.2) is 0 Å². The second kappa shape index (κ2) is 19.2. The monoisotopic (exact) mass is 420 g/mol. The van der Waals surface area contributed by atoms with Gasteiger partial charge in [-0.2, -0.15) is 0 Å². The van der Waals surface area contributed by atoms with Crippen LogP contribution in [0.2, 0.25) is 0 Å². The van der Waals surface area contributed by atoms with Gasteiger partial charge in [-0.05, 0) is 26.2 Å². The van der Waals surface area contributed by atoms with Gasteiger partial charge in [0.2, 0.25) is 0 Å². The zero-order valence-corrected chi connectivity index (χ0v) is 18.4. The van der Waals surface area contributed by atoms with Gasteiger partial charge in [0.25, 0.3) is 0 Å². The molecule has 1 fully saturated rings. The van der Waals surface area contributed by atoms with Crippen molar-refractivity contribution in [3.63, 3.8) is 0 Å². The molecule has 1 rings (SSSR count). The van der Waals surface area contributed by atoms with Crippen molar-refractivity contribution in [3.05, 3.63) is 0 Å². The molecule has 0 aliphatic carbocycles. The molecule has 29 heavy (non-hydrogen) atoms. The van der Waals surface area contributed by atoms with E-state index in [1.54, 1.807) is 0 Å². The molecule has 7 heteroatoms. The van der Waals surface area contributed by atoms with Crippen LogP contribution >= 0.6 is 0 Å². The Morgan fingerprint density at radius 3 is 2.28 bits per heavy atom. The number of unbranched alkanes of at least 4 members (excludes halogenated alkanes) is 6. The fraction of sp³-hybridized carbons (Fsp3) is 0.955. The van der Waals surface area contributed by atoms with Gasteiger partial charge in [0, 0.05) is 19.4 Å². The highest BCUT2D eigenvalue weighted by Crippen LogP contribution is 2.30. The summed E-state index contributed by atoms with van der Waals surface area (Å²) in [6.07, 6.45) is 10.9. The summed E-state index contributed by atoms with van der Waals surface area (Å²) in [5.74, 6) is -0.717. The first kappa shape index (κ1) is 28.3. The van der Waals surface area contributed by atoms with E-state index < -0.39 is 12.1 Å². The first-order chi connectivity index (χ1) is 14.0. The number of hydrogen-bond acceptors (Lipinski definition) is 6. The predicted molar refractivity (Wildman–Crippen MR) is 113 cm³/mol. The van der Waals surface area contributed by atoms with E-state index in [9.17, 15) is 9.90 Å². The van der Waals surface area contributed by atoms with Crippen LogP contribution in [-0.4, -0.2) is 70.6 Å². The molecular formula is C22H44O7. The van der Waals surface area contributed by atoms with E-state index in [1.165, 1.54) is 12.8 Å². The van der Waals surface area contributed by atoms with Crippen molar-refractivity contribution < 1.29 is 34.7 Å². The molecule has 4 N–H and O–H groups in total. The van der Waals surface area contributed by atoms with Crippen LogP contribution in [-0.2, 0) is 14.3 Å². The van der Waals surface area contributed by atoms with Gasteiger partial charge in [0.1, 0.15) is 0 Å². The van der Waals surface area contributed by atoms with Crippen LogP contribution in [0.1, 0.15) is 90.9 Å². The van der Waals surface area contributed by atoms with E-state index in [2.05, 4.69) is 6.92 Å². The smallest absolute Gasteiger partial charge is 0.303 e. The van der Waals surface area contributed by atoms with E-state index in [4.69, 9.17) is 24.8 Å². The zero-order chi connectivity index (χ0) is 21.9. The van der Waals surface area contributed by atoms with E-state index in [1.807, 2.05) is 6.92 Å². The molecule has 0 aromatic rings. The SMILES string of the molecule is CCCCCC1OC(C(O)CCCCCCCC(=O)O)CC1OCC.OCCO. The highest BCUT2D eigenvalue weighted by Gasteiger charge is 2.38. The Kier molecular flexibility index (Phi) is 18.8. The fourth-order valence-corrected chi connectivity index (χ4v) is 3.58. The fourth-order valence-electron chi connectivity index (χ4n) is 3.58. The lowest BCUT2D eigenvalue weighted by atomic mass is 10.00. The number of carbonyl (C=O) groups is 1. The summed E-state index contributed by atoms with van der Waals surface area (Å²) < 4.78 is 11.9. The summed E-state index contributed by atoms with van der Waals surface area (Å²) >= 11 is 0. The Morgan fingerprint density at radius 1 is 1.03 bits per heavy atom. The van der Waals surface area contributed by atoms with Gasteiger partial charge in [0.05, 0.1) is 37.6 Å². The van der Waals surface area contributed by atoms with E-state index in [-0.39, 0.29) is 37.9 Å². The van der Waals surface area contributed by atoms with Crippen LogP contribution in [0.4, 0.5) is 0 Å². The minimum Gasteiger partial charge on any atom is -0.481 e. The number of aliphatic hydroxyl groups excluding tert-OH is 3. The topological polar surface area (TPSA) is 116 Å². The molecule has 0 aromatic carbocycles.